The first-order valence-corrected chi connectivity index (χ1v) is 7.83. The molecule has 18 heavy (non-hydrogen) atoms. The third-order valence-corrected chi connectivity index (χ3v) is 4.08. The van der Waals surface area contributed by atoms with Crippen molar-refractivity contribution in [1.29, 1.82) is 0 Å². The van der Waals surface area contributed by atoms with E-state index in [1.54, 1.807) is 0 Å². The fourth-order valence-electron chi connectivity index (χ4n) is 1.63. The summed E-state index contributed by atoms with van der Waals surface area (Å²) in [5.41, 5.74) is 0. The van der Waals surface area contributed by atoms with Crippen molar-refractivity contribution in [3.05, 3.63) is 0 Å². The molecule has 0 heterocycles. The highest BCUT2D eigenvalue weighted by Crippen LogP contribution is 2.05. The van der Waals surface area contributed by atoms with E-state index in [2.05, 4.69) is 4.72 Å². The molecule has 6 nitrogen and oxygen atoms in total. The predicted octanol–water partition coefficient (Wildman–Crippen LogP) is 1.20. The largest absolute Gasteiger partial charge is 0.480 e. The monoisotopic (exact) mass is 280 g/mol. The van der Waals surface area contributed by atoms with Crippen LogP contribution in [0.3, 0.4) is 0 Å². The van der Waals surface area contributed by atoms with Crippen LogP contribution < -0.4 is 4.72 Å². The first-order chi connectivity index (χ1) is 8.38. The van der Waals surface area contributed by atoms with Crippen LogP contribution in [0, 0.1) is 0 Å². The van der Waals surface area contributed by atoms with E-state index in [1.165, 1.54) is 4.31 Å². The van der Waals surface area contributed by atoms with Gasteiger partial charge in [0.05, 0.1) is 0 Å². The summed E-state index contributed by atoms with van der Waals surface area (Å²) in [6.45, 7) is 6.40. The van der Waals surface area contributed by atoms with Gasteiger partial charge in [-0.3, -0.25) is 4.79 Å². The van der Waals surface area contributed by atoms with Gasteiger partial charge >= 0.3 is 5.97 Å². The molecule has 0 unspecified atom stereocenters. The van der Waals surface area contributed by atoms with E-state index in [-0.39, 0.29) is 0 Å². The van der Waals surface area contributed by atoms with E-state index in [4.69, 9.17) is 5.11 Å². The summed E-state index contributed by atoms with van der Waals surface area (Å²) in [5.74, 6) is -1.13. The zero-order valence-electron chi connectivity index (χ0n) is 11.3. The van der Waals surface area contributed by atoms with Gasteiger partial charge in [-0.25, -0.2) is 0 Å². The quantitative estimate of drug-likeness (QED) is 0.629. The number of hydrogen-bond donors (Lipinski definition) is 2. The maximum absolute atomic E-state index is 12.1. The lowest BCUT2D eigenvalue weighted by molar-refractivity contribution is -0.139. The molecule has 0 saturated carbocycles. The lowest BCUT2D eigenvalue weighted by Crippen LogP contribution is -2.48. The van der Waals surface area contributed by atoms with E-state index in [0.29, 0.717) is 38.8 Å². The Morgan fingerprint density at radius 2 is 1.67 bits per heavy atom. The fraction of sp³-hybridized carbons (Fsp3) is 0.909. The van der Waals surface area contributed by atoms with Crippen molar-refractivity contribution in [2.24, 2.45) is 0 Å². The van der Waals surface area contributed by atoms with Crippen LogP contribution in [-0.4, -0.2) is 42.9 Å². The second-order valence-corrected chi connectivity index (χ2v) is 5.90. The molecule has 0 aromatic rings. The van der Waals surface area contributed by atoms with Crippen LogP contribution in [-0.2, 0) is 15.0 Å². The number of carboxylic acids is 1. The Morgan fingerprint density at radius 3 is 2.00 bits per heavy atom. The molecule has 0 aliphatic carbocycles. The summed E-state index contributed by atoms with van der Waals surface area (Å²) in [6.07, 6.45) is 2.31. The number of aliphatic carboxylic acids is 1. The third kappa shape index (κ3) is 5.79. The number of nitrogens with zero attached hydrogens (tertiary/aromatic N) is 1. The van der Waals surface area contributed by atoms with Crippen LogP contribution >= 0.6 is 0 Å². The Hall–Kier alpha value is -0.660. The van der Waals surface area contributed by atoms with E-state index >= 15 is 0 Å². The molecule has 1 atom stereocenters. The second-order valence-electron chi connectivity index (χ2n) is 4.20. The average molecular weight is 280 g/mol. The lowest BCUT2D eigenvalue weighted by Gasteiger charge is -2.23. The van der Waals surface area contributed by atoms with Crippen molar-refractivity contribution in [2.75, 3.05) is 13.1 Å². The molecule has 108 valence electrons. The highest BCUT2D eigenvalue weighted by atomic mass is 32.2. The van der Waals surface area contributed by atoms with Crippen molar-refractivity contribution in [3.63, 3.8) is 0 Å². The van der Waals surface area contributed by atoms with Crippen molar-refractivity contribution >= 4 is 16.2 Å². The average Bonchev–Trinajstić information content (AvgIpc) is 2.28. The maximum atomic E-state index is 12.1. The van der Waals surface area contributed by atoms with Gasteiger partial charge in [-0.1, -0.05) is 27.2 Å². The third-order valence-electron chi connectivity index (χ3n) is 2.45. The highest BCUT2D eigenvalue weighted by molar-refractivity contribution is 7.87. The Labute approximate surface area is 110 Å². The van der Waals surface area contributed by atoms with Gasteiger partial charge in [-0.2, -0.15) is 17.4 Å². The summed E-state index contributed by atoms with van der Waals surface area (Å²) < 4.78 is 27.7. The molecule has 0 radical (unpaired) electrons. The topological polar surface area (TPSA) is 86.7 Å². The molecule has 0 aliphatic rings. The molecule has 0 saturated heterocycles. The minimum absolute atomic E-state index is 0.292. The van der Waals surface area contributed by atoms with Crippen LogP contribution in [0.15, 0.2) is 0 Å². The molecule has 0 fully saturated rings. The molecule has 7 heteroatoms. The fourth-order valence-corrected chi connectivity index (χ4v) is 3.20. The van der Waals surface area contributed by atoms with Gasteiger partial charge in [0.2, 0.25) is 0 Å². The number of carboxylic acid groups (broad SMARTS) is 1. The van der Waals surface area contributed by atoms with E-state index in [1.807, 2.05) is 20.8 Å². The maximum Gasteiger partial charge on any atom is 0.321 e. The normalized spacial score (nSPS) is 13.8. The van der Waals surface area contributed by atoms with Crippen LogP contribution in [0.4, 0.5) is 0 Å². The molecular formula is C11H24N2O4S. The van der Waals surface area contributed by atoms with Gasteiger partial charge in [-0.15, -0.1) is 0 Å². The predicted molar refractivity (Wildman–Crippen MR) is 70.5 cm³/mol. The smallest absolute Gasteiger partial charge is 0.321 e. The van der Waals surface area contributed by atoms with E-state index in [9.17, 15) is 13.2 Å². The lowest BCUT2D eigenvalue weighted by atomic mass is 10.2. The van der Waals surface area contributed by atoms with Crippen molar-refractivity contribution in [1.82, 2.24) is 9.03 Å². The van der Waals surface area contributed by atoms with Crippen molar-refractivity contribution < 1.29 is 18.3 Å². The molecular weight excluding hydrogens is 256 g/mol. The van der Waals surface area contributed by atoms with Gasteiger partial charge < -0.3 is 5.11 Å². The van der Waals surface area contributed by atoms with Crippen molar-refractivity contribution in [2.45, 2.75) is 52.5 Å². The van der Waals surface area contributed by atoms with Crippen LogP contribution in [0.1, 0.15) is 46.5 Å². The van der Waals surface area contributed by atoms with Gasteiger partial charge in [-0.05, 0) is 19.3 Å². The van der Waals surface area contributed by atoms with Crippen molar-refractivity contribution in [3.8, 4) is 0 Å². The minimum atomic E-state index is -3.71. The first-order valence-electron chi connectivity index (χ1n) is 6.39. The molecule has 2 N–H and O–H groups in total. The Kier molecular flexibility index (Phi) is 8.13. The Balaban J connectivity index is 4.81. The number of hydrogen-bond acceptors (Lipinski definition) is 3. The molecule has 0 rings (SSSR count). The molecule has 0 aliphatic heterocycles. The van der Waals surface area contributed by atoms with Gasteiger partial charge in [0.15, 0.2) is 0 Å². The summed E-state index contributed by atoms with van der Waals surface area (Å²) in [7, 11) is -3.71. The van der Waals surface area contributed by atoms with Gasteiger partial charge in [0.25, 0.3) is 10.2 Å². The summed E-state index contributed by atoms with van der Waals surface area (Å²) in [5, 5.41) is 8.96. The molecule has 0 aromatic heterocycles. The Bertz CT molecular complexity index is 337. The van der Waals surface area contributed by atoms with Crippen LogP contribution in [0.2, 0.25) is 0 Å². The van der Waals surface area contributed by atoms with E-state index in [0.717, 1.165) is 0 Å². The number of rotatable bonds is 10. The zero-order valence-corrected chi connectivity index (χ0v) is 12.2. The van der Waals surface area contributed by atoms with Gasteiger partial charge in [0, 0.05) is 13.1 Å². The highest BCUT2D eigenvalue weighted by Gasteiger charge is 2.27. The van der Waals surface area contributed by atoms with Crippen LogP contribution in [0.5, 0.6) is 0 Å². The Morgan fingerprint density at radius 1 is 1.17 bits per heavy atom. The molecule has 0 bridgehead atoms. The SMILES string of the molecule is CCC[C@@H](NS(=O)(=O)N(CCC)CCC)C(=O)O. The molecule has 0 amide bonds. The summed E-state index contributed by atoms with van der Waals surface area (Å²) >= 11 is 0. The first kappa shape index (κ1) is 17.3. The number of nitrogens with one attached hydrogen (secondary N) is 1. The number of carbonyl (C=O) groups is 1. The van der Waals surface area contributed by atoms with E-state index < -0.39 is 22.2 Å². The standard InChI is InChI=1S/C11H24N2O4S/c1-4-7-10(11(14)15)12-18(16,17)13(8-5-2)9-6-3/h10,12H,4-9H2,1-3H3,(H,14,15)/t10-/m1/s1. The summed E-state index contributed by atoms with van der Waals surface area (Å²) in [4.78, 5) is 11.0. The summed E-state index contributed by atoms with van der Waals surface area (Å²) in [6, 6.07) is -1.05. The zero-order chi connectivity index (χ0) is 14.2. The minimum Gasteiger partial charge on any atom is -0.480 e. The van der Waals surface area contributed by atoms with Gasteiger partial charge in [0.1, 0.15) is 6.04 Å². The molecule has 0 aromatic carbocycles. The molecule has 0 spiro atoms. The second kappa shape index (κ2) is 8.44. The van der Waals surface area contributed by atoms with Crippen LogP contribution in [0.25, 0.3) is 0 Å².